The zero-order chi connectivity index (χ0) is 30.5. The predicted octanol–water partition coefficient (Wildman–Crippen LogP) is 10.0. The third-order valence-electron chi connectivity index (χ3n) is 8.83. The van der Waals surface area contributed by atoms with Crippen molar-refractivity contribution in [3.63, 3.8) is 0 Å². The van der Waals surface area contributed by atoms with Crippen LogP contribution in [-0.4, -0.2) is 0 Å². The van der Waals surface area contributed by atoms with E-state index in [4.69, 9.17) is 0 Å². The van der Waals surface area contributed by atoms with E-state index in [2.05, 4.69) is 191 Å². The van der Waals surface area contributed by atoms with Crippen LogP contribution in [-0.2, 0) is 0 Å². The first-order valence-electron chi connectivity index (χ1n) is 15.6. The van der Waals surface area contributed by atoms with Crippen LogP contribution >= 0.6 is 16.1 Å². The van der Waals surface area contributed by atoms with E-state index >= 15 is 0 Å². The highest BCUT2D eigenvalue weighted by Gasteiger charge is 2.37. The zero-order valence-corrected chi connectivity index (χ0v) is 26.9. The van der Waals surface area contributed by atoms with Crippen LogP contribution in [0.4, 0.5) is 22.7 Å². The molecule has 0 aliphatic carbocycles. The smallest absolute Gasteiger partial charge is 0.0605 e. The first kappa shape index (κ1) is 27.3. The molecule has 9 rings (SSSR count). The molecule has 7 aromatic carbocycles. The Balaban J connectivity index is 1.32. The van der Waals surface area contributed by atoms with Crippen LogP contribution in [0.15, 0.2) is 182 Å². The van der Waals surface area contributed by atoms with E-state index < -0.39 is 16.1 Å². The molecule has 2 unspecified atom stereocenters. The number of nitrogens with zero attached hydrogens (tertiary/aromatic N) is 2. The van der Waals surface area contributed by atoms with Gasteiger partial charge in [-0.15, -0.1) is 0 Å². The van der Waals surface area contributed by atoms with E-state index in [0.717, 1.165) is 0 Å². The van der Waals surface area contributed by atoms with Crippen LogP contribution < -0.4 is 30.6 Å². The molecule has 46 heavy (non-hydrogen) atoms. The average molecular weight is 625 g/mol. The third kappa shape index (κ3) is 4.41. The van der Waals surface area contributed by atoms with Gasteiger partial charge in [-0.3, -0.25) is 0 Å². The van der Waals surface area contributed by atoms with Gasteiger partial charge in [0.15, 0.2) is 0 Å². The van der Waals surface area contributed by atoms with Crippen molar-refractivity contribution in [2.45, 2.75) is 0 Å². The van der Waals surface area contributed by atoms with Crippen molar-refractivity contribution in [3.05, 3.63) is 182 Å². The van der Waals surface area contributed by atoms with Crippen LogP contribution in [0.25, 0.3) is 22.3 Å². The molecular formula is C42H30N2P2. The van der Waals surface area contributed by atoms with Crippen molar-refractivity contribution in [3.8, 4) is 22.3 Å². The quantitative estimate of drug-likeness (QED) is 0.180. The van der Waals surface area contributed by atoms with E-state index in [1.807, 2.05) is 0 Å². The van der Waals surface area contributed by atoms with Crippen molar-refractivity contribution in [2.24, 2.45) is 0 Å². The predicted molar refractivity (Wildman–Crippen MR) is 200 cm³/mol. The molecule has 7 aromatic rings. The fourth-order valence-electron chi connectivity index (χ4n) is 6.87. The highest BCUT2D eigenvalue weighted by molar-refractivity contribution is 7.76. The lowest BCUT2D eigenvalue weighted by atomic mass is 10.0. The number of rotatable bonds is 4. The summed E-state index contributed by atoms with van der Waals surface area (Å²) in [7, 11) is -1.79. The van der Waals surface area contributed by atoms with Gasteiger partial charge in [0.1, 0.15) is 0 Å². The standard InChI is InChI=1S/C42H30N2P2/c1-4-16-31(17-5-1)43-39-25-13-11-23-36(39)38-29-28-32(30-42(38)46(43)34-20-8-3-9-21-34)44-40-26-14-10-22-35(40)37-24-12-15-27-41(37)45(44)33-18-6-2-7-19-33/h1-30H. The van der Waals surface area contributed by atoms with Crippen molar-refractivity contribution in [2.75, 3.05) is 9.34 Å². The summed E-state index contributed by atoms with van der Waals surface area (Å²) in [4.78, 5) is 0. The Kier molecular flexibility index (Phi) is 6.78. The van der Waals surface area contributed by atoms with Crippen molar-refractivity contribution in [1.29, 1.82) is 0 Å². The largest absolute Gasteiger partial charge is 0.311 e. The van der Waals surface area contributed by atoms with Gasteiger partial charge in [-0.1, -0.05) is 146 Å². The monoisotopic (exact) mass is 624 g/mol. The normalized spacial score (nSPS) is 16.2. The molecule has 0 saturated carbocycles. The highest BCUT2D eigenvalue weighted by Crippen LogP contribution is 2.59. The van der Waals surface area contributed by atoms with Crippen LogP contribution in [0.2, 0.25) is 0 Å². The molecule has 0 radical (unpaired) electrons. The van der Waals surface area contributed by atoms with Crippen LogP contribution in [0.5, 0.6) is 0 Å². The van der Waals surface area contributed by atoms with E-state index in [-0.39, 0.29) is 0 Å². The summed E-state index contributed by atoms with van der Waals surface area (Å²) in [6.45, 7) is 0. The van der Waals surface area contributed by atoms with E-state index in [1.54, 1.807) is 0 Å². The molecule has 4 heteroatoms. The fourth-order valence-corrected chi connectivity index (χ4v) is 12.1. The van der Waals surface area contributed by atoms with Crippen LogP contribution in [0.1, 0.15) is 0 Å². The lowest BCUT2D eigenvalue weighted by molar-refractivity contribution is 1.38. The van der Waals surface area contributed by atoms with Gasteiger partial charge in [-0.2, -0.15) is 0 Å². The maximum absolute atomic E-state index is 2.63. The van der Waals surface area contributed by atoms with Gasteiger partial charge >= 0.3 is 0 Å². The van der Waals surface area contributed by atoms with Crippen LogP contribution in [0, 0.1) is 0 Å². The van der Waals surface area contributed by atoms with Crippen molar-refractivity contribution >= 4 is 60.1 Å². The molecule has 2 aliphatic rings. The number of anilines is 4. The Morgan fingerprint density at radius 2 is 0.739 bits per heavy atom. The van der Waals surface area contributed by atoms with E-state index in [0.29, 0.717) is 0 Å². The van der Waals surface area contributed by atoms with Gasteiger partial charge in [0.2, 0.25) is 0 Å². The molecule has 0 saturated heterocycles. The second kappa shape index (κ2) is 11.4. The number of para-hydroxylation sites is 3. The minimum Gasteiger partial charge on any atom is -0.311 e. The summed E-state index contributed by atoms with van der Waals surface area (Å²) >= 11 is 0. The number of fused-ring (bicyclic) bond motifs is 6. The Hall–Kier alpha value is -5.00. The van der Waals surface area contributed by atoms with Gasteiger partial charge in [0, 0.05) is 43.7 Å². The first-order valence-corrected chi connectivity index (χ1v) is 18.2. The second-order valence-corrected chi connectivity index (χ2v) is 15.6. The summed E-state index contributed by atoms with van der Waals surface area (Å²) < 4.78 is 5.22. The molecule has 218 valence electrons. The number of benzene rings is 7. The van der Waals surface area contributed by atoms with Crippen LogP contribution in [0.3, 0.4) is 0 Å². The maximum Gasteiger partial charge on any atom is 0.0605 e. The van der Waals surface area contributed by atoms with Gasteiger partial charge in [-0.25, -0.2) is 0 Å². The number of hydrogen-bond donors (Lipinski definition) is 0. The summed E-state index contributed by atoms with van der Waals surface area (Å²) in [5.41, 5.74) is 10.2. The first-order chi connectivity index (χ1) is 22.9. The summed E-state index contributed by atoms with van der Waals surface area (Å²) in [6.07, 6.45) is 0. The van der Waals surface area contributed by atoms with Gasteiger partial charge in [0.05, 0.1) is 27.5 Å². The molecule has 2 nitrogen and oxygen atoms in total. The Morgan fingerprint density at radius 1 is 0.304 bits per heavy atom. The molecule has 2 atom stereocenters. The SMILES string of the molecule is c1ccc(N2c3ccccc3-c3ccc(N4c5ccccc5-c5ccccc5P4c4ccccc4)cc3P2c2ccccc2)cc1. The highest BCUT2D eigenvalue weighted by atomic mass is 31.1. The molecular weight excluding hydrogens is 594 g/mol. The second-order valence-electron chi connectivity index (χ2n) is 11.5. The molecule has 2 aliphatic heterocycles. The van der Waals surface area contributed by atoms with Gasteiger partial charge < -0.3 is 9.34 Å². The lowest BCUT2D eigenvalue weighted by Crippen LogP contribution is -2.32. The molecule has 0 aromatic heterocycles. The fraction of sp³-hybridized carbons (Fsp3) is 0. The Morgan fingerprint density at radius 3 is 1.35 bits per heavy atom. The average Bonchev–Trinajstić information content (AvgIpc) is 3.14. The summed E-state index contributed by atoms with van der Waals surface area (Å²) in [5, 5.41) is 5.45. The molecule has 0 spiro atoms. The Labute approximate surface area is 272 Å². The van der Waals surface area contributed by atoms with Gasteiger partial charge in [0.25, 0.3) is 0 Å². The summed E-state index contributed by atoms with van der Waals surface area (Å²) in [6, 6.07) is 67.1. The van der Waals surface area contributed by atoms with Crippen molar-refractivity contribution < 1.29 is 0 Å². The Bertz CT molecular complexity index is 2180. The maximum atomic E-state index is 2.63. The zero-order valence-electron chi connectivity index (χ0n) is 25.1. The van der Waals surface area contributed by atoms with Gasteiger partial charge in [-0.05, 0) is 47.5 Å². The minimum atomic E-state index is -0.921. The molecule has 0 fully saturated rings. The third-order valence-corrected chi connectivity index (χ3v) is 13.8. The number of hydrogen-bond acceptors (Lipinski definition) is 2. The minimum absolute atomic E-state index is 0.871. The molecule has 0 amide bonds. The topological polar surface area (TPSA) is 6.48 Å². The molecule has 0 bridgehead atoms. The summed E-state index contributed by atoms with van der Waals surface area (Å²) in [5.74, 6) is 0. The van der Waals surface area contributed by atoms with E-state index in [1.165, 1.54) is 66.2 Å². The molecule has 2 heterocycles. The van der Waals surface area contributed by atoms with Crippen molar-refractivity contribution in [1.82, 2.24) is 0 Å². The van der Waals surface area contributed by atoms with E-state index in [9.17, 15) is 0 Å². The molecule has 0 N–H and O–H groups in total. The lowest BCUT2D eigenvalue weighted by Gasteiger charge is -2.43.